The highest BCUT2D eigenvalue weighted by Crippen LogP contribution is 2.41. The molecule has 1 heterocycles. The van der Waals surface area contributed by atoms with Gasteiger partial charge in [0.1, 0.15) is 0 Å². The van der Waals surface area contributed by atoms with Gasteiger partial charge in [0.15, 0.2) is 0 Å². The maximum absolute atomic E-state index is 13.0. The van der Waals surface area contributed by atoms with Gasteiger partial charge in [0.05, 0.1) is 16.6 Å². The molecule has 2 nitrogen and oxygen atoms in total. The lowest BCUT2D eigenvalue weighted by Gasteiger charge is -2.40. The highest BCUT2D eigenvalue weighted by atomic mass is 79.9. The molecular formula is C20H20BrNO. The Balaban J connectivity index is 2.04. The minimum Gasteiger partial charge on any atom is -0.324 e. The van der Waals surface area contributed by atoms with Crippen LogP contribution in [0.5, 0.6) is 0 Å². The number of halogens is 1. The topological polar surface area (TPSA) is 20.3 Å². The fraction of sp³-hybridized carbons (Fsp3) is 0.250. The number of carbonyl (C=O) groups excluding carboxylic acids is 1. The van der Waals surface area contributed by atoms with E-state index in [2.05, 4.69) is 47.1 Å². The van der Waals surface area contributed by atoms with Crippen molar-refractivity contribution in [1.82, 2.24) is 4.90 Å². The molecule has 1 aliphatic heterocycles. The molecule has 1 aliphatic rings. The normalized spacial score (nSPS) is 19.9. The van der Waals surface area contributed by atoms with Crippen LogP contribution in [0.3, 0.4) is 0 Å². The summed E-state index contributed by atoms with van der Waals surface area (Å²) in [5.74, 6) is 0.0685. The third-order valence-corrected chi connectivity index (χ3v) is 5.53. The molecule has 1 amide bonds. The van der Waals surface area contributed by atoms with E-state index in [-0.39, 0.29) is 18.0 Å². The number of rotatable bonds is 3. The maximum atomic E-state index is 13.0. The first-order chi connectivity index (χ1) is 11.1. The van der Waals surface area contributed by atoms with E-state index in [0.29, 0.717) is 4.48 Å². The summed E-state index contributed by atoms with van der Waals surface area (Å²) in [6.07, 6.45) is 0.855. The predicted molar refractivity (Wildman–Crippen MR) is 97.1 cm³/mol. The van der Waals surface area contributed by atoms with Gasteiger partial charge in [-0.05, 0) is 47.3 Å². The minimum absolute atomic E-state index is 0.0227. The van der Waals surface area contributed by atoms with E-state index in [1.54, 1.807) is 0 Å². The van der Waals surface area contributed by atoms with E-state index in [0.717, 1.165) is 17.6 Å². The molecule has 0 aliphatic carbocycles. The summed E-state index contributed by atoms with van der Waals surface area (Å²) in [6, 6.07) is 20.6. The molecule has 0 bridgehead atoms. The highest BCUT2D eigenvalue weighted by molar-refractivity contribution is 9.12. The predicted octanol–water partition coefficient (Wildman–Crippen LogP) is 5.39. The molecule has 3 rings (SSSR count). The Morgan fingerprint density at radius 3 is 2.22 bits per heavy atom. The zero-order chi connectivity index (χ0) is 16.4. The fourth-order valence-electron chi connectivity index (χ4n) is 3.21. The Morgan fingerprint density at radius 2 is 1.61 bits per heavy atom. The second-order valence-electron chi connectivity index (χ2n) is 6.02. The van der Waals surface area contributed by atoms with Gasteiger partial charge < -0.3 is 4.90 Å². The van der Waals surface area contributed by atoms with Crippen LogP contribution in [-0.4, -0.2) is 10.8 Å². The van der Waals surface area contributed by atoms with E-state index in [1.807, 2.05) is 48.2 Å². The molecule has 3 heteroatoms. The smallest absolute Gasteiger partial charge is 0.261 e. The molecule has 0 spiro atoms. The Labute approximate surface area is 146 Å². The number of amides is 1. The van der Waals surface area contributed by atoms with Crippen molar-refractivity contribution in [2.75, 3.05) is 0 Å². The lowest BCUT2D eigenvalue weighted by Crippen LogP contribution is -2.40. The van der Waals surface area contributed by atoms with E-state index in [4.69, 9.17) is 0 Å². The van der Waals surface area contributed by atoms with Crippen molar-refractivity contribution in [3.05, 3.63) is 81.8 Å². The van der Waals surface area contributed by atoms with Gasteiger partial charge in [0.2, 0.25) is 0 Å². The van der Waals surface area contributed by atoms with Gasteiger partial charge in [0.25, 0.3) is 5.91 Å². The molecular weight excluding hydrogens is 350 g/mol. The van der Waals surface area contributed by atoms with Crippen molar-refractivity contribution in [2.24, 2.45) is 0 Å². The second-order valence-corrected chi connectivity index (χ2v) is 6.82. The number of nitrogens with zero attached hydrogens (tertiary/aromatic N) is 1. The zero-order valence-corrected chi connectivity index (χ0v) is 15.0. The highest BCUT2D eigenvalue weighted by Gasteiger charge is 2.36. The summed E-state index contributed by atoms with van der Waals surface area (Å²) in [5, 5.41) is 0. The van der Waals surface area contributed by atoms with E-state index < -0.39 is 0 Å². The molecule has 0 saturated heterocycles. The van der Waals surface area contributed by atoms with Gasteiger partial charge in [-0.3, -0.25) is 4.79 Å². The van der Waals surface area contributed by atoms with Crippen molar-refractivity contribution in [3.63, 3.8) is 0 Å². The van der Waals surface area contributed by atoms with Crippen LogP contribution in [0.1, 0.15) is 43.5 Å². The average molecular weight is 370 g/mol. The van der Waals surface area contributed by atoms with Crippen LogP contribution in [-0.2, 0) is 4.79 Å². The monoisotopic (exact) mass is 369 g/mol. The first-order valence-corrected chi connectivity index (χ1v) is 8.66. The molecule has 2 atom stereocenters. The van der Waals surface area contributed by atoms with Gasteiger partial charge in [-0.15, -0.1) is 0 Å². The summed E-state index contributed by atoms with van der Waals surface area (Å²) < 4.78 is 0.701. The number of carbonyl (C=O) groups is 1. The number of benzene rings is 2. The largest absolute Gasteiger partial charge is 0.324 e. The summed E-state index contributed by atoms with van der Waals surface area (Å²) in [7, 11) is 0. The summed E-state index contributed by atoms with van der Waals surface area (Å²) >= 11 is 3.49. The lowest BCUT2D eigenvalue weighted by molar-refractivity contribution is -0.132. The summed E-state index contributed by atoms with van der Waals surface area (Å²) in [4.78, 5) is 15.0. The molecule has 0 fully saturated rings. The van der Waals surface area contributed by atoms with Gasteiger partial charge >= 0.3 is 0 Å². The molecule has 0 unspecified atom stereocenters. The lowest BCUT2D eigenvalue weighted by atomic mass is 9.91. The van der Waals surface area contributed by atoms with Gasteiger partial charge in [-0.2, -0.15) is 0 Å². The van der Waals surface area contributed by atoms with Gasteiger partial charge in [-0.25, -0.2) is 0 Å². The van der Waals surface area contributed by atoms with E-state index >= 15 is 0 Å². The standard InChI is InChI=1S/C20H20BrNO/c1-14-13-18(17-11-7-4-8-12-17)22(20(23)19(14)21)15(2)16-9-5-3-6-10-16/h3-12,15,18H,13H2,1-2H3/t15-,18+/m0/s1. The van der Waals surface area contributed by atoms with E-state index in [9.17, 15) is 4.79 Å². The van der Waals surface area contributed by atoms with Crippen LogP contribution < -0.4 is 0 Å². The third-order valence-electron chi connectivity index (χ3n) is 4.52. The van der Waals surface area contributed by atoms with Crippen LogP contribution in [0.2, 0.25) is 0 Å². The third kappa shape index (κ3) is 3.11. The number of hydrogen-bond donors (Lipinski definition) is 0. The van der Waals surface area contributed by atoms with Crippen molar-refractivity contribution in [1.29, 1.82) is 0 Å². The molecule has 0 saturated carbocycles. The van der Waals surface area contributed by atoms with Crippen LogP contribution in [0.15, 0.2) is 70.7 Å². The Hall–Kier alpha value is -1.87. The molecule has 23 heavy (non-hydrogen) atoms. The van der Waals surface area contributed by atoms with Crippen LogP contribution in [0.25, 0.3) is 0 Å². The Bertz CT molecular complexity index is 724. The van der Waals surface area contributed by atoms with Crippen molar-refractivity contribution in [3.8, 4) is 0 Å². The second kappa shape index (κ2) is 6.71. The van der Waals surface area contributed by atoms with Crippen molar-refractivity contribution in [2.45, 2.75) is 32.4 Å². The van der Waals surface area contributed by atoms with Crippen LogP contribution in [0, 0.1) is 0 Å². The quantitative estimate of drug-likeness (QED) is 0.709. The molecule has 0 N–H and O–H groups in total. The Morgan fingerprint density at radius 1 is 1.04 bits per heavy atom. The summed E-state index contributed by atoms with van der Waals surface area (Å²) in [6.45, 7) is 4.13. The van der Waals surface area contributed by atoms with Gasteiger partial charge in [0, 0.05) is 0 Å². The molecule has 0 radical (unpaired) electrons. The maximum Gasteiger partial charge on any atom is 0.261 e. The van der Waals surface area contributed by atoms with Crippen LogP contribution in [0.4, 0.5) is 0 Å². The Kier molecular flexibility index (Phi) is 4.67. The molecule has 0 aromatic heterocycles. The average Bonchev–Trinajstić information content (AvgIpc) is 2.60. The zero-order valence-electron chi connectivity index (χ0n) is 13.4. The van der Waals surface area contributed by atoms with Crippen molar-refractivity contribution >= 4 is 21.8 Å². The minimum atomic E-state index is 0.0227. The molecule has 2 aromatic carbocycles. The first kappa shape index (κ1) is 16.0. The molecule has 2 aromatic rings. The van der Waals surface area contributed by atoms with Gasteiger partial charge in [-0.1, -0.05) is 66.2 Å². The first-order valence-electron chi connectivity index (χ1n) is 7.87. The fourth-order valence-corrected chi connectivity index (χ4v) is 3.57. The number of hydrogen-bond acceptors (Lipinski definition) is 1. The van der Waals surface area contributed by atoms with Crippen LogP contribution >= 0.6 is 15.9 Å². The van der Waals surface area contributed by atoms with E-state index in [1.165, 1.54) is 5.56 Å². The SMILES string of the molecule is CC1=C(Br)C(=O)N([C@@H](C)c2ccccc2)[C@@H](c2ccccc2)C1. The molecule has 118 valence electrons. The summed E-state index contributed by atoms with van der Waals surface area (Å²) in [5.41, 5.74) is 3.45. The van der Waals surface area contributed by atoms with Crippen molar-refractivity contribution < 1.29 is 4.79 Å².